The van der Waals surface area contributed by atoms with E-state index in [1.165, 1.54) is 13.2 Å². The van der Waals surface area contributed by atoms with Crippen LogP contribution < -0.4 is 5.73 Å². The number of methoxy groups -OCH3 is 1. The van der Waals surface area contributed by atoms with Crippen LogP contribution in [-0.2, 0) is 19.1 Å². The van der Waals surface area contributed by atoms with Crippen molar-refractivity contribution in [2.45, 2.75) is 37.6 Å². The van der Waals surface area contributed by atoms with Crippen LogP contribution in [-0.4, -0.2) is 30.7 Å². The average molecular weight is 279 g/mol. The van der Waals surface area contributed by atoms with Gasteiger partial charge in [0.05, 0.1) is 18.6 Å². The lowest BCUT2D eigenvalue weighted by molar-refractivity contribution is -0.149. The van der Waals surface area contributed by atoms with Gasteiger partial charge >= 0.3 is 5.97 Å². The lowest BCUT2D eigenvalue weighted by Crippen LogP contribution is -2.56. The van der Waals surface area contributed by atoms with E-state index in [0.717, 1.165) is 6.29 Å². The molecule has 0 bridgehead atoms. The number of hydrogen-bond acceptors (Lipinski definition) is 5. The van der Waals surface area contributed by atoms with Crippen LogP contribution in [0.15, 0.2) is 24.3 Å². The summed E-state index contributed by atoms with van der Waals surface area (Å²) in [5, 5.41) is 0. The highest BCUT2D eigenvalue weighted by molar-refractivity contribution is 6.00. The predicted molar refractivity (Wildman–Crippen MR) is 74.9 cm³/mol. The lowest BCUT2D eigenvalue weighted by Gasteiger charge is -2.41. The number of ether oxygens (including phenoxy) is 1. The lowest BCUT2D eigenvalue weighted by atomic mass is 9.67. The Morgan fingerprint density at radius 3 is 2.85 bits per heavy atom. The summed E-state index contributed by atoms with van der Waals surface area (Å²) in [5.74, 6) is -1.05. The number of unbranched alkanes of at least 4 members (excludes halogenated alkanes) is 1. The fourth-order valence-electron chi connectivity index (χ4n) is 2.74. The maximum Gasteiger partial charge on any atom is 0.310 e. The molecule has 0 saturated heterocycles. The highest BCUT2D eigenvalue weighted by Gasteiger charge is 2.48. The van der Waals surface area contributed by atoms with E-state index in [2.05, 4.69) is 6.58 Å². The molecule has 1 fully saturated rings. The third-order valence-corrected chi connectivity index (χ3v) is 3.77. The SMILES string of the molecule is C=C/C=C1\C(=O)CC[C@@H](C(=O)OC)[C@]1(N)CCCC=O. The molecule has 0 aromatic carbocycles. The van der Waals surface area contributed by atoms with Crippen LogP contribution in [0.4, 0.5) is 0 Å². The molecule has 1 aliphatic carbocycles. The molecular formula is C15H21NO4. The summed E-state index contributed by atoms with van der Waals surface area (Å²) < 4.78 is 4.80. The van der Waals surface area contributed by atoms with Crippen LogP contribution in [0, 0.1) is 5.92 Å². The van der Waals surface area contributed by atoms with Crippen molar-refractivity contribution in [1.82, 2.24) is 0 Å². The van der Waals surface area contributed by atoms with E-state index in [9.17, 15) is 14.4 Å². The summed E-state index contributed by atoms with van der Waals surface area (Å²) >= 11 is 0. The van der Waals surface area contributed by atoms with Gasteiger partial charge < -0.3 is 15.3 Å². The number of aldehydes is 1. The highest BCUT2D eigenvalue weighted by Crippen LogP contribution is 2.38. The molecule has 0 aliphatic heterocycles. The number of esters is 1. The summed E-state index contributed by atoms with van der Waals surface area (Å²) in [4.78, 5) is 34.5. The minimum atomic E-state index is -1.08. The number of rotatable bonds is 6. The Morgan fingerprint density at radius 1 is 1.60 bits per heavy atom. The Bertz CT molecular complexity index is 441. The number of carbonyl (C=O) groups excluding carboxylic acids is 3. The molecule has 5 nitrogen and oxygen atoms in total. The molecule has 2 N–H and O–H groups in total. The molecule has 0 heterocycles. The molecule has 0 aromatic heterocycles. The van der Waals surface area contributed by atoms with Crippen LogP contribution in [0.5, 0.6) is 0 Å². The molecular weight excluding hydrogens is 258 g/mol. The molecule has 1 rings (SSSR count). The summed E-state index contributed by atoms with van der Waals surface area (Å²) in [5.41, 5.74) is 5.71. The van der Waals surface area contributed by atoms with Crippen LogP contribution in [0.2, 0.25) is 0 Å². The summed E-state index contributed by atoms with van der Waals surface area (Å²) in [6, 6.07) is 0. The van der Waals surface area contributed by atoms with Crippen LogP contribution in [0.25, 0.3) is 0 Å². The number of nitrogens with two attached hydrogens (primary N) is 1. The highest BCUT2D eigenvalue weighted by atomic mass is 16.5. The van der Waals surface area contributed by atoms with Gasteiger partial charge in [0.25, 0.3) is 0 Å². The zero-order chi connectivity index (χ0) is 15.2. The van der Waals surface area contributed by atoms with Crippen molar-refractivity contribution < 1.29 is 19.1 Å². The van der Waals surface area contributed by atoms with Gasteiger partial charge in [-0.25, -0.2) is 0 Å². The van der Waals surface area contributed by atoms with Gasteiger partial charge in [-0.05, 0) is 19.3 Å². The van der Waals surface area contributed by atoms with E-state index < -0.39 is 17.4 Å². The van der Waals surface area contributed by atoms with E-state index in [1.807, 2.05) is 0 Å². The van der Waals surface area contributed by atoms with E-state index in [1.54, 1.807) is 6.08 Å². The minimum Gasteiger partial charge on any atom is -0.469 e. The Morgan fingerprint density at radius 2 is 2.30 bits per heavy atom. The standard InChI is InChI=1S/C15H21NO4/c1-3-6-11-13(18)8-7-12(14(19)20-2)15(11,16)9-4-5-10-17/h3,6,10,12H,1,4-5,7-9,16H2,2H3/b11-6+/t12-,15-/m0/s1. The molecule has 1 saturated carbocycles. The van der Waals surface area contributed by atoms with Crippen LogP contribution in [0.1, 0.15) is 32.1 Å². The average Bonchev–Trinajstić information content (AvgIpc) is 2.43. The number of hydrogen-bond donors (Lipinski definition) is 1. The van der Waals surface area contributed by atoms with Crippen molar-refractivity contribution >= 4 is 18.0 Å². The molecule has 0 radical (unpaired) electrons. The molecule has 0 spiro atoms. The molecule has 1 aliphatic rings. The van der Waals surface area contributed by atoms with Gasteiger partial charge in [-0.1, -0.05) is 18.7 Å². The Balaban J connectivity index is 3.14. The molecule has 2 atom stereocenters. The largest absolute Gasteiger partial charge is 0.469 e. The van der Waals surface area contributed by atoms with Crippen molar-refractivity contribution in [2.75, 3.05) is 7.11 Å². The third kappa shape index (κ3) is 3.22. The first kappa shape index (κ1) is 16.3. The van der Waals surface area contributed by atoms with Crippen molar-refractivity contribution in [2.24, 2.45) is 11.7 Å². The first-order chi connectivity index (χ1) is 9.51. The third-order valence-electron chi connectivity index (χ3n) is 3.77. The van der Waals surface area contributed by atoms with Crippen molar-refractivity contribution in [1.29, 1.82) is 0 Å². The number of ketones is 1. The second-order valence-corrected chi connectivity index (χ2v) is 4.95. The van der Waals surface area contributed by atoms with Crippen molar-refractivity contribution in [3.05, 3.63) is 24.3 Å². The Labute approximate surface area is 118 Å². The van der Waals surface area contributed by atoms with Gasteiger partial charge in [0.2, 0.25) is 0 Å². The van der Waals surface area contributed by atoms with Crippen LogP contribution >= 0.6 is 0 Å². The first-order valence-corrected chi connectivity index (χ1v) is 6.68. The molecule has 0 aromatic rings. The fourth-order valence-corrected chi connectivity index (χ4v) is 2.74. The molecule has 0 unspecified atom stereocenters. The summed E-state index contributed by atoms with van der Waals surface area (Å²) in [6.45, 7) is 3.58. The smallest absolute Gasteiger partial charge is 0.310 e. The zero-order valence-corrected chi connectivity index (χ0v) is 11.8. The summed E-state index contributed by atoms with van der Waals surface area (Å²) in [6.07, 6.45) is 5.77. The van der Waals surface area contributed by atoms with Crippen molar-refractivity contribution in [3.63, 3.8) is 0 Å². The quantitative estimate of drug-likeness (QED) is 0.343. The summed E-state index contributed by atoms with van der Waals surface area (Å²) in [7, 11) is 1.31. The van der Waals surface area contributed by atoms with Gasteiger partial charge in [-0.15, -0.1) is 0 Å². The van der Waals surface area contributed by atoms with Crippen molar-refractivity contribution in [3.8, 4) is 0 Å². The fraction of sp³-hybridized carbons (Fsp3) is 0.533. The molecule has 0 amide bonds. The topological polar surface area (TPSA) is 86.5 Å². The van der Waals surface area contributed by atoms with Crippen LogP contribution in [0.3, 0.4) is 0 Å². The predicted octanol–water partition coefficient (Wildman–Crippen LogP) is 1.32. The second kappa shape index (κ2) is 7.14. The van der Waals surface area contributed by atoms with E-state index in [-0.39, 0.29) is 12.2 Å². The van der Waals surface area contributed by atoms with Gasteiger partial charge in [0.1, 0.15) is 6.29 Å². The van der Waals surface area contributed by atoms with Gasteiger partial charge in [-0.2, -0.15) is 0 Å². The maximum atomic E-state index is 12.1. The monoisotopic (exact) mass is 279 g/mol. The van der Waals surface area contributed by atoms with Gasteiger partial charge in [-0.3, -0.25) is 9.59 Å². The van der Waals surface area contributed by atoms with E-state index >= 15 is 0 Å². The molecule has 20 heavy (non-hydrogen) atoms. The number of allylic oxidation sites excluding steroid dienone is 2. The zero-order valence-electron chi connectivity index (χ0n) is 11.8. The second-order valence-electron chi connectivity index (χ2n) is 4.95. The molecule has 5 heteroatoms. The maximum absolute atomic E-state index is 12.1. The normalized spacial score (nSPS) is 28.2. The van der Waals surface area contributed by atoms with Gasteiger partial charge in [0, 0.05) is 18.4 Å². The number of carbonyl (C=O) groups is 3. The van der Waals surface area contributed by atoms with Gasteiger partial charge in [0.15, 0.2) is 5.78 Å². The Kier molecular flexibility index (Phi) is 5.82. The molecule has 110 valence electrons. The first-order valence-electron chi connectivity index (χ1n) is 6.68. The minimum absolute atomic E-state index is 0.0707. The van der Waals surface area contributed by atoms with E-state index in [0.29, 0.717) is 31.3 Å². The van der Waals surface area contributed by atoms with E-state index in [4.69, 9.17) is 10.5 Å². The number of Topliss-reactive ketones (excluding diaryl/α,β-unsaturated/α-hetero) is 1. The Hall–Kier alpha value is -1.75.